The molecule has 1 aromatic rings. The fraction of sp³-hybridized carbons (Fsp3) is 0.684. The first kappa shape index (κ1) is 16.5. The molecule has 0 aliphatic heterocycles. The third kappa shape index (κ3) is 3.87. The van der Waals surface area contributed by atoms with Crippen molar-refractivity contribution in [3.63, 3.8) is 0 Å². The van der Waals surface area contributed by atoms with Gasteiger partial charge in [0.05, 0.1) is 12.1 Å². The quantitative estimate of drug-likeness (QED) is 0.822. The molecule has 0 aromatic heterocycles. The van der Waals surface area contributed by atoms with Crippen molar-refractivity contribution in [1.29, 1.82) is 0 Å². The summed E-state index contributed by atoms with van der Waals surface area (Å²) in [6, 6.07) is 9.43. The van der Waals surface area contributed by atoms with E-state index in [0.29, 0.717) is 0 Å². The van der Waals surface area contributed by atoms with Crippen LogP contribution in [0.4, 0.5) is 0 Å². The number of hydrogen-bond acceptors (Lipinski definition) is 2. The van der Waals surface area contributed by atoms with Gasteiger partial charge in [-0.3, -0.25) is 0 Å². The maximum absolute atomic E-state index is 6.06. The summed E-state index contributed by atoms with van der Waals surface area (Å²) in [6.07, 6.45) is 4.28. The lowest BCUT2D eigenvalue weighted by molar-refractivity contribution is -0.0350. The molecule has 118 valence electrons. The van der Waals surface area contributed by atoms with Crippen molar-refractivity contribution in [1.82, 2.24) is 5.32 Å². The predicted octanol–water partition coefficient (Wildman–Crippen LogP) is 4.67. The lowest BCUT2D eigenvalue weighted by Crippen LogP contribution is -2.41. The maximum Gasteiger partial charge on any atom is 0.0817 e. The van der Waals surface area contributed by atoms with Gasteiger partial charge in [0.15, 0.2) is 0 Å². The molecule has 1 aliphatic carbocycles. The molecule has 2 heteroatoms. The van der Waals surface area contributed by atoms with Crippen LogP contribution in [0.1, 0.15) is 70.0 Å². The second-order valence-corrected chi connectivity index (χ2v) is 7.30. The highest BCUT2D eigenvalue weighted by Gasteiger charge is 2.33. The van der Waals surface area contributed by atoms with Gasteiger partial charge in [0.1, 0.15) is 0 Å². The van der Waals surface area contributed by atoms with Gasteiger partial charge in [0, 0.05) is 6.61 Å². The van der Waals surface area contributed by atoms with Crippen LogP contribution in [0.3, 0.4) is 0 Å². The van der Waals surface area contributed by atoms with Crippen molar-refractivity contribution >= 4 is 0 Å². The van der Waals surface area contributed by atoms with Crippen LogP contribution in [-0.2, 0) is 4.74 Å². The lowest BCUT2D eigenvalue weighted by atomic mass is 9.78. The Kier molecular flexibility index (Phi) is 5.45. The van der Waals surface area contributed by atoms with E-state index in [4.69, 9.17) is 4.74 Å². The zero-order valence-electron chi connectivity index (χ0n) is 14.3. The summed E-state index contributed by atoms with van der Waals surface area (Å²) in [5, 5.41) is 3.46. The summed E-state index contributed by atoms with van der Waals surface area (Å²) in [5.74, 6) is 0.803. The van der Waals surface area contributed by atoms with Crippen molar-refractivity contribution in [2.24, 2.45) is 5.41 Å². The van der Waals surface area contributed by atoms with E-state index in [9.17, 15) is 0 Å². The minimum atomic E-state index is 0.107. The van der Waals surface area contributed by atoms with Gasteiger partial charge in [-0.2, -0.15) is 0 Å². The summed E-state index contributed by atoms with van der Waals surface area (Å²) >= 11 is 0. The molecule has 1 N–H and O–H groups in total. The summed E-state index contributed by atoms with van der Waals surface area (Å²) in [5.41, 5.74) is 2.94. The van der Waals surface area contributed by atoms with E-state index in [2.05, 4.69) is 57.3 Å². The molecular formula is C19H31NO. The Balaban J connectivity index is 2.18. The Hall–Kier alpha value is -0.860. The fourth-order valence-corrected chi connectivity index (χ4v) is 3.24. The molecule has 2 nitrogen and oxygen atoms in total. The largest absolute Gasteiger partial charge is 0.376 e. The van der Waals surface area contributed by atoms with Gasteiger partial charge in [-0.15, -0.1) is 0 Å². The molecule has 1 fully saturated rings. The summed E-state index contributed by atoms with van der Waals surface area (Å²) in [4.78, 5) is 0. The molecule has 1 aromatic carbocycles. The van der Waals surface area contributed by atoms with Crippen molar-refractivity contribution in [2.75, 3.05) is 13.7 Å². The van der Waals surface area contributed by atoms with Crippen LogP contribution in [0.2, 0.25) is 0 Å². The summed E-state index contributed by atoms with van der Waals surface area (Å²) in [7, 11) is 2.03. The van der Waals surface area contributed by atoms with Crippen LogP contribution in [-0.4, -0.2) is 19.8 Å². The normalized spacial score (nSPS) is 19.1. The molecule has 2 unspecified atom stereocenters. The molecule has 21 heavy (non-hydrogen) atoms. The number of hydrogen-bond donors (Lipinski definition) is 1. The molecule has 0 radical (unpaired) electrons. The predicted molar refractivity (Wildman–Crippen MR) is 89.7 cm³/mol. The number of nitrogens with one attached hydrogen (secondary N) is 1. The summed E-state index contributed by atoms with van der Waals surface area (Å²) in [6.45, 7) is 9.58. The van der Waals surface area contributed by atoms with Crippen LogP contribution < -0.4 is 5.32 Å². The molecule has 0 bridgehead atoms. The highest BCUT2D eigenvalue weighted by atomic mass is 16.5. The molecular weight excluding hydrogens is 258 g/mol. The topological polar surface area (TPSA) is 21.3 Å². The lowest BCUT2D eigenvalue weighted by Gasteiger charge is -2.37. The van der Waals surface area contributed by atoms with Crippen LogP contribution >= 0.6 is 0 Å². The highest BCUT2D eigenvalue weighted by molar-refractivity contribution is 5.29. The Morgan fingerprint density at radius 2 is 1.81 bits per heavy atom. The second kappa shape index (κ2) is 6.93. The van der Waals surface area contributed by atoms with Crippen molar-refractivity contribution in [2.45, 2.75) is 65.0 Å². The summed E-state index contributed by atoms with van der Waals surface area (Å²) < 4.78 is 6.06. The van der Waals surface area contributed by atoms with Gasteiger partial charge < -0.3 is 10.1 Å². The van der Waals surface area contributed by atoms with Crippen LogP contribution in [0.5, 0.6) is 0 Å². The van der Waals surface area contributed by atoms with Gasteiger partial charge in [-0.1, -0.05) is 51.5 Å². The SMILES string of the molecule is CCOC(C(NC)c1ccc(C2CCC2)cc1)C(C)(C)C. The third-order valence-electron chi connectivity index (χ3n) is 4.69. The number of benzene rings is 1. The Labute approximate surface area is 130 Å². The molecule has 2 rings (SSSR count). The van der Waals surface area contributed by atoms with E-state index in [-0.39, 0.29) is 17.6 Å². The minimum Gasteiger partial charge on any atom is -0.376 e. The number of rotatable bonds is 6. The van der Waals surface area contributed by atoms with Crippen LogP contribution in [0.15, 0.2) is 24.3 Å². The van der Waals surface area contributed by atoms with Gasteiger partial charge in [0.2, 0.25) is 0 Å². The molecule has 2 atom stereocenters. The van der Waals surface area contributed by atoms with E-state index in [1.807, 2.05) is 7.05 Å². The first-order chi connectivity index (χ1) is 9.97. The molecule has 1 saturated carbocycles. The standard InChI is InChI=1S/C19H31NO/c1-6-21-18(19(2,3)4)17(20-5)16-12-10-15(11-13-16)14-8-7-9-14/h10-14,17-18,20H,6-9H2,1-5H3. The van der Waals surface area contributed by atoms with Crippen LogP contribution in [0, 0.1) is 5.41 Å². The molecule has 0 amide bonds. The molecule has 0 spiro atoms. The maximum atomic E-state index is 6.06. The zero-order chi connectivity index (χ0) is 15.5. The van der Waals surface area contributed by atoms with Gasteiger partial charge in [-0.25, -0.2) is 0 Å². The monoisotopic (exact) mass is 289 g/mol. The fourth-order valence-electron chi connectivity index (χ4n) is 3.24. The van der Waals surface area contributed by atoms with E-state index in [1.54, 1.807) is 0 Å². The van der Waals surface area contributed by atoms with E-state index >= 15 is 0 Å². The first-order valence-corrected chi connectivity index (χ1v) is 8.36. The van der Waals surface area contributed by atoms with Gasteiger partial charge in [-0.05, 0) is 49.3 Å². The average Bonchev–Trinajstić information content (AvgIpc) is 2.37. The molecule has 0 heterocycles. The Morgan fingerprint density at radius 3 is 2.19 bits per heavy atom. The van der Waals surface area contributed by atoms with E-state index < -0.39 is 0 Å². The zero-order valence-corrected chi connectivity index (χ0v) is 14.3. The Bertz CT molecular complexity index is 428. The number of likely N-dealkylation sites (N-methyl/N-ethyl adjacent to an activating group) is 1. The van der Waals surface area contributed by atoms with Gasteiger partial charge in [0.25, 0.3) is 0 Å². The highest BCUT2D eigenvalue weighted by Crippen LogP contribution is 2.37. The molecule has 0 saturated heterocycles. The third-order valence-corrected chi connectivity index (χ3v) is 4.69. The van der Waals surface area contributed by atoms with E-state index in [0.717, 1.165) is 12.5 Å². The smallest absolute Gasteiger partial charge is 0.0817 e. The van der Waals surface area contributed by atoms with Crippen molar-refractivity contribution in [3.05, 3.63) is 35.4 Å². The second-order valence-electron chi connectivity index (χ2n) is 7.30. The van der Waals surface area contributed by atoms with Crippen molar-refractivity contribution in [3.8, 4) is 0 Å². The van der Waals surface area contributed by atoms with Gasteiger partial charge >= 0.3 is 0 Å². The van der Waals surface area contributed by atoms with Crippen LogP contribution in [0.25, 0.3) is 0 Å². The van der Waals surface area contributed by atoms with E-state index in [1.165, 1.54) is 30.4 Å². The molecule has 1 aliphatic rings. The Morgan fingerprint density at radius 1 is 1.19 bits per heavy atom. The number of ether oxygens (including phenoxy) is 1. The first-order valence-electron chi connectivity index (χ1n) is 8.36. The average molecular weight is 289 g/mol. The minimum absolute atomic E-state index is 0.107. The van der Waals surface area contributed by atoms with Crippen molar-refractivity contribution < 1.29 is 4.74 Å².